The van der Waals surface area contributed by atoms with Crippen molar-refractivity contribution in [1.82, 2.24) is 15.8 Å². The van der Waals surface area contributed by atoms with Crippen molar-refractivity contribution in [3.63, 3.8) is 0 Å². The summed E-state index contributed by atoms with van der Waals surface area (Å²) in [5.74, 6) is 0.736. The molecular formula is C17H23N3O2. The summed E-state index contributed by atoms with van der Waals surface area (Å²) in [6, 6.07) is 6.04. The number of aromatic nitrogens is 1. The van der Waals surface area contributed by atoms with E-state index in [0.29, 0.717) is 6.54 Å². The van der Waals surface area contributed by atoms with Crippen molar-refractivity contribution < 1.29 is 9.32 Å². The van der Waals surface area contributed by atoms with Gasteiger partial charge in [0.25, 0.3) is 0 Å². The standard InChI is InChI=1S/C17H23N3O2/c1-10-6-11(2)8-15(7-10)12(3)19-17(21)18-9-16-13(4)20-22-14(16)5/h6-8,12H,9H2,1-5H3,(H2,18,19,21)/t12-/m0/s1. The molecule has 0 fully saturated rings. The van der Waals surface area contributed by atoms with Crippen LogP contribution in [0.5, 0.6) is 0 Å². The molecule has 0 aliphatic heterocycles. The minimum atomic E-state index is -0.202. The van der Waals surface area contributed by atoms with Crippen molar-refractivity contribution in [1.29, 1.82) is 0 Å². The number of nitrogens with zero attached hydrogens (tertiary/aromatic N) is 1. The topological polar surface area (TPSA) is 67.2 Å². The molecule has 0 bridgehead atoms. The molecule has 1 aromatic carbocycles. The number of amides is 2. The van der Waals surface area contributed by atoms with E-state index in [1.54, 1.807) is 0 Å². The molecule has 2 rings (SSSR count). The van der Waals surface area contributed by atoms with Crippen molar-refractivity contribution in [3.8, 4) is 0 Å². The summed E-state index contributed by atoms with van der Waals surface area (Å²) in [4.78, 5) is 12.0. The van der Waals surface area contributed by atoms with Crippen LogP contribution in [0.15, 0.2) is 22.7 Å². The number of carbonyl (C=O) groups excluding carboxylic acids is 1. The predicted molar refractivity (Wildman–Crippen MR) is 85.7 cm³/mol. The summed E-state index contributed by atoms with van der Waals surface area (Å²) in [7, 11) is 0. The van der Waals surface area contributed by atoms with Gasteiger partial charge in [-0.15, -0.1) is 0 Å². The first-order chi connectivity index (χ1) is 10.4. The molecule has 0 aliphatic rings. The van der Waals surface area contributed by atoms with Crippen LogP contribution < -0.4 is 10.6 Å². The Kier molecular flexibility index (Phi) is 4.85. The lowest BCUT2D eigenvalue weighted by atomic mass is 10.0. The molecule has 1 aromatic heterocycles. The zero-order chi connectivity index (χ0) is 16.3. The van der Waals surface area contributed by atoms with Gasteiger partial charge in [0.15, 0.2) is 0 Å². The number of benzene rings is 1. The molecule has 118 valence electrons. The van der Waals surface area contributed by atoms with E-state index in [-0.39, 0.29) is 12.1 Å². The molecule has 0 saturated carbocycles. The Hall–Kier alpha value is -2.30. The van der Waals surface area contributed by atoms with Crippen LogP contribution in [-0.2, 0) is 6.54 Å². The highest BCUT2D eigenvalue weighted by Gasteiger charge is 2.13. The van der Waals surface area contributed by atoms with E-state index in [1.165, 1.54) is 11.1 Å². The van der Waals surface area contributed by atoms with Gasteiger partial charge in [0, 0.05) is 12.1 Å². The SMILES string of the molecule is Cc1cc(C)cc([C@H](C)NC(=O)NCc2c(C)noc2C)c1. The minimum absolute atomic E-state index is 0.0525. The van der Waals surface area contributed by atoms with E-state index in [2.05, 4.69) is 47.8 Å². The maximum atomic E-state index is 12.0. The maximum Gasteiger partial charge on any atom is 0.315 e. The van der Waals surface area contributed by atoms with E-state index in [0.717, 1.165) is 22.6 Å². The summed E-state index contributed by atoms with van der Waals surface area (Å²) in [5, 5.41) is 9.67. The summed E-state index contributed by atoms with van der Waals surface area (Å²) >= 11 is 0. The fourth-order valence-electron chi connectivity index (χ4n) is 2.51. The molecule has 2 N–H and O–H groups in total. The summed E-state index contributed by atoms with van der Waals surface area (Å²) < 4.78 is 5.08. The summed E-state index contributed by atoms with van der Waals surface area (Å²) in [6.45, 7) is 10.2. The van der Waals surface area contributed by atoms with Crippen molar-refractivity contribution >= 4 is 6.03 Å². The van der Waals surface area contributed by atoms with Gasteiger partial charge in [-0.05, 0) is 40.2 Å². The van der Waals surface area contributed by atoms with Crippen molar-refractivity contribution in [2.24, 2.45) is 0 Å². The number of hydrogen-bond donors (Lipinski definition) is 2. The Morgan fingerprint density at radius 1 is 1.18 bits per heavy atom. The van der Waals surface area contributed by atoms with Crippen molar-refractivity contribution in [2.45, 2.75) is 47.2 Å². The van der Waals surface area contributed by atoms with Crippen molar-refractivity contribution in [2.75, 3.05) is 0 Å². The lowest BCUT2D eigenvalue weighted by molar-refractivity contribution is 0.237. The van der Waals surface area contributed by atoms with Crippen LogP contribution in [0.1, 0.15) is 46.7 Å². The number of aryl methyl sites for hydroxylation is 4. The summed E-state index contributed by atoms with van der Waals surface area (Å²) in [6.07, 6.45) is 0. The van der Waals surface area contributed by atoms with Gasteiger partial charge in [-0.2, -0.15) is 0 Å². The van der Waals surface area contributed by atoms with Crippen LogP contribution in [0.4, 0.5) is 4.79 Å². The van der Waals surface area contributed by atoms with Gasteiger partial charge >= 0.3 is 6.03 Å². The smallest absolute Gasteiger partial charge is 0.315 e. The Morgan fingerprint density at radius 2 is 1.82 bits per heavy atom. The first-order valence-electron chi connectivity index (χ1n) is 7.41. The van der Waals surface area contributed by atoms with Gasteiger partial charge in [-0.3, -0.25) is 0 Å². The molecule has 0 spiro atoms. The van der Waals surface area contributed by atoms with E-state index in [1.807, 2.05) is 20.8 Å². The zero-order valence-corrected chi connectivity index (χ0v) is 13.8. The number of urea groups is 1. The highest BCUT2D eigenvalue weighted by molar-refractivity contribution is 5.74. The van der Waals surface area contributed by atoms with Crippen LogP contribution in [0.25, 0.3) is 0 Å². The predicted octanol–water partition coefficient (Wildman–Crippen LogP) is 3.47. The number of rotatable bonds is 4. The minimum Gasteiger partial charge on any atom is -0.361 e. The second kappa shape index (κ2) is 6.64. The van der Waals surface area contributed by atoms with Gasteiger partial charge in [0.2, 0.25) is 0 Å². The third kappa shape index (κ3) is 3.87. The average Bonchev–Trinajstić information content (AvgIpc) is 2.74. The second-order valence-electron chi connectivity index (χ2n) is 5.77. The number of nitrogens with one attached hydrogen (secondary N) is 2. The molecule has 2 aromatic rings. The molecule has 0 saturated heterocycles. The second-order valence-corrected chi connectivity index (χ2v) is 5.77. The Labute approximate surface area is 131 Å². The fourth-order valence-corrected chi connectivity index (χ4v) is 2.51. The van der Waals surface area contributed by atoms with E-state index < -0.39 is 0 Å². The molecule has 0 unspecified atom stereocenters. The van der Waals surface area contributed by atoms with Crippen LogP contribution in [0.2, 0.25) is 0 Å². The Bertz CT molecular complexity index is 637. The molecule has 0 aliphatic carbocycles. The Morgan fingerprint density at radius 3 is 2.36 bits per heavy atom. The van der Waals surface area contributed by atoms with Crippen LogP contribution >= 0.6 is 0 Å². The molecule has 0 radical (unpaired) electrons. The highest BCUT2D eigenvalue weighted by atomic mass is 16.5. The number of hydrogen-bond acceptors (Lipinski definition) is 3. The van der Waals surface area contributed by atoms with Crippen LogP contribution in [0.3, 0.4) is 0 Å². The first kappa shape index (κ1) is 16.1. The van der Waals surface area contributed by atoms with Gasteiger partial charge in [0.05, 0.1) is 11.7 Å². The quantitative estimate of drug-likeness (QED) is 0.908. The van der Waals surface area contributed by atoms with E-state index in [9.17, 15) is 4.79 Å². The highest BCUT2D eigenvalue weighted by Crippen LogP contribution is 2.16. The molecule has 2 amide bonds. The Balaban J connectivity index is 1.94. The molecular weight excluding hydrogens is 278 g/mol. The fraction of sp³-hybridized carbons (Fsp3) is 0.412. The molecule has 1 atom stereocenters. The maximum absolute atomic E-state index is 12.0. The third-order valence-electron chi connectivity index (χ3n) is 3.70. The largest absolute Gasteiger partial charge is 0.361 e. The third-order valence-corrected chi connectivity index (χ3v) is 3.70. The van der Waals surface area contributed by atoms with Crippen LogP contribution in [0, 0.1) is 27.7 Å². The van der Waals surface area contributed by atoms with Crippen LogP contribution in [-0.4, -0.2) is 11.2 Å². The van der Waals surface area contributed by atoms with Gasteiger partial charge in [0.1, 0.15) is 5.76 Å². The van der Waals surface area contributed by atoms with Gasteiger partial charge < -0.3 is 15.2 Å². The average molecular weight is 301 g/mol. The lowest BCUT2D eigenvalue weighted by Crippen LogP contribution is -2.36. The lowest BCUT2D eigenvalue weighted by Gasteiger charge is -2.16. The zero-order valence-electron chi connectivity index (χ0n) is 13.8. The monoisotopic (exact) mass is 301 g/mol. The normalized spacial score (nSPS) is 12.0. The number of carbonyl (C=O) groups is 1. The van der Waals surface area contributed by atoms with Crippen molar-refractivity contribution in [3.05, 3.63) is 51.9 Å². The molecule has 5 heteroatoms. The van der Waals surface area contributed by atoms with Gasteiger partial charge in [-0.25, -0.2) is 4.79 Å². The van der Waals surface area contributed by atoms with E-state index in [4.69, 9.17) is 4.52 Å². The molecule has 5 nitrogen and oxygen atoms in total. The summed E-state index contributed by atoms with van der Waals surface area (Å²) in [5.41, 5.74) is 5.22. The first-order valence-corrected chi connectivity index (χ1v) is 7.41. The van der Waals surface area contributed by atoms with Gasteiger partial charge in [-0.1, -0.05) is 34.5 Å². The van der Waals surface area contributed by atoms with E-state index >= 15 is 0 Å². The molecule has 22 heavy (non-hydrogen) atoms. The molecule has 1 heterocycles.